The third-order valence-corrected chi connectivity index (χ3v) is 4.79. The van der Waals surface area contributed by atoms with Crippen LogP contribution in [-0.2, 0) is 0 Å². The molecular formula is C13H27NS. The molecule has 1 N–H and O–H groups in total. The Kier molecular flexibility index (Phi) is 6.74. The Morgan fingerprint density at radius 2 is 2.00 bits per heavy atom. The second kappa shape index (κ2) is 7.56. The van der Waals surface area contributed by atoms with Crippen molar-refractivity contribution >= 4 is 11.8 Å². The summed E-state index contributed by atoms with van der Waals surface area (Å²) in [5, 5.41) is 3.62. The van der Waals surface area contributed by atoms with Crippen molar-refractivity contribution in [1.29, 1.82) is 0 Å². The Morgan fingerprint density at radius 3 is 2.67 bits per heavy atom. The van der Waals surface area contributed by atoms with Gasteiger partial charge in [-0.2, -0.15) is 11.8 Å². The van der Waals surface area contributed by atoms with E-state index >= 15 is 0 Å². The van der Waals surface area contributed by atoms with Crippen molar-refractivity contribution < 1.29 is 0 Å². The van der Waals surface area contributed by atoms with Gasteiger partial charge in [-0.1, -0.05) is 32.6 Å². The molecule has 0 aromatic heterocycles. The van der Waals surface area contributed by atoms with Crippen molar-refractivity contribution in [3.8, 4) is 0 Å². The largest absolute Gasteiger partial charge is 0.315 e. The lowest BCUT2D eigenvalue weighted by atomic mass is 10.1. The highest BCUT2D eigenvalue weighted by atomic mass is 32.2. The van der Waals surface area contributed by atoms with E-state index in [9.17, 15) is 0 Å². The first kappa shape index (κ1) is 13.4. The van der Waals surface area contributed by atoms with E-state index in [1.807, 2.05) is 0 Å². The molecule has 1 atom stereocenters. The van der Waals surface area contributed by atoms with Crippen LogP contribution >= 0.6 is 11.8 Å². The van der Waals surface area contributed by atoms with E-state index in [0.717, 1.165) is 0 Å². The van der Waals surface area contributed by atoms with E-state index in [0.29, 0.717) is 4.75 Å². The zero-order chi connectivity index (χ0) is 11.0. The first-order valence-corrected chi connectivity index (χ1v) is 7.60. The van der Waals surface area contributed by atoms with Crippen LogP contribution in [-0.4, -0.2) is 23.6 Å². The van der Waals surface area contributed by atoms with E-state index in [1.54, 1.807) is 0 Å². The molecule has 1 rings (SSSR count). The van der Waals surface area contributed by atoms with Gasteiger partial charge in [-0.15, -0.1) is 0 Å². The highest BCUT2D eigenvalue weighted by Gasteiger charge is 2.28. The Morgan fingerprint density at radius 1 is 1.20 bits per heavy atom. The van der Waals surface area contributed by atoms with E-state index < -0.39 is 0 Å². The summed E-state index contributed by atoms with van der Waals surface area (Å²) in [6.07, 6.45) is 9.77. The summed E-state index contributed by atoms with van der Waals surface area (Å²) >= 11 is 2.15. The smallest absolute Gasteiger partial charge is 0.0256 e. The standard InChI is InChI=1S/C13H27NS/c1-3-4-5-6-7-10-14-12-13(2)9-8-11-15-13/h14H,3-12H2,1-2H3. The van der Waals surface area contributed by atoms with E-state index in [1.165, 1.54) is 63.8 Å². The summed E-state index contributed by atoms with van der Waals surface area (Å²) in [6.45, 7) is 7.12. The van der Waals surface area contributed by atoms with Gasteiger partial charge in [0.05, 0.1) is 0 Å². The molecule has 1 saturated heterocycles. The fourth-order valence-electron chi connectivity index (χ4n) is 2.18. The maximum absolute atomic E-state index is 3.62. The van der Waals surface area contributed by atoms with Crippen LogP contribution < -0.4 is 5.32 Å². The van der Waals surface area contributed by atoms with Gasteiger partial charge in [0.15, 0.2) is 0 Å². The fourth-order valence-corrected chi connectivity index (χ4v) is 3.46. The lowest BCUT2D eigenvalue weighted by Crippen LogP contribution is -2.33. The summed E-state index contributed by atoms with van der Waals surface area (Å²) in [6, 6.07) is 0. The van der Waals surface area contributed by atoms with Gasteiger partial charge in [0.1, 0.15) is 0 Å². The molecule has 0 amide bonds. The molecule has 1 nitrogen and oxygen atoms in total. The SMILES string of the molecule is CCCCCCCNCC1(C)CCCS1. The Bertz CT molecular complexity index is 153. The second-order valence-corrected chi connectivity index (χ2v) is 6.68. The maximum Gasteiger partial charge on any atom is 0.0256 e. The van der Waals surface area contributed by atoms with Gasteiger partial charge >= 0.3 is 0 Å². The molecule has 15 heavy (non-hydrogen) atoms. The summed E-state index contributed by atoms with van der Waals surface area (Å²) in [5.74, 6) is 1.37. The van der Waals surface area contributed by atoms with Crippen LogP contribution in [0.1, 0.15) is 58.8 Å². The minimum absolute atomic E-state index is 0.545. The van der Waals surface area contributed by atoms with Gasteiger partial charge in [-0.3, -0.25) is 0 Å². The van der Waals surface area contributed by atoms with Crippen LogP contribution in [0.15, 0.2) is 0 Å². The molecule has 0 aliphatic carbocycles. The average Bonchev–Trinajstić information content (AvgIpc) is 2.64. The minimum atomic E-state index is 0.545. The minimum Gasteiger partial charge on any atom is -0.315 e. The van der Waals surface area contributed by atoms with Gasteiger partial charge in [0, 0.05) is 11.3 Å². The van der Waals surface area contributed by atoms with E-state index in [2.05, 4.69) is 30.9 Å². The monoisotopic (exact) mass is 229 g/mol. The molecule has 1 heterocycles. The molecule has 0 aromatic rings. The number of nitrogens with one attached hydrogen (secondary N) is 1. The molecule has 0 radical (unpaired) electrons. The third kappa shape index (κ3) is 5.82. The molecule has 90 valence electrons. The fraction of sp³-hybridized carbons (Fsp3) is 1.00. The zero-order valence-corrected chi connectivity index (χ0v) is 11.3. The van der Waals surface area contributed by atoms with Crippen LogP contribution in [0.4, 0.5) is 0 Å². The average molecular weight is 229 g/mol. The predicted octanol–water partition coefficient (Wildman–Crippen LogP) is 3.83. The van der Waals surface area contributed by atoms with Crippen LogP contribution in [0.5, 0.6) is 0 Å². The van der Waals surface area contributed by atoms with Gasteiger partial charge in [0.2, 0.25) is 0 Å². The molecular weight excluding hydrogens is 202 g/mol. The van der Waals surface area contributed by atoms with Crippen LogP contribution in [0.3, 0.4) is 0 Å². The van der Waals surface area contributed by atoms with Crippen molar-refractivity contribution in [1.82, 2.24) is 5.32 Å². The highest BCUT2D eigenvalue weighted by Crippen LogP contribution is 2.36. The van der Waals surface area contributed by atoms with Crippen molar-refractivity contribution in [3.05, 3.63) is 0 Å². The van der Waals surface area contributed by atoms with E-state index in [-0.39, 0.29) is 0 Å². The zero-order valence-electron chi connectivity index (χ0n) is 10.5. The molecule has 0 spiro atoms. The molecule has 0 saturated carbocycles. The topological polar surface area (TPSA) is 12.0 Å². The van der Waals surface area contributed by atoms with Crippen LogP contribution in [0.25, 0.3) is 0 Å². The summed E-state index contributed by atoms with van der Waals surface area (Å²) in [5.41, 5.74) is 0. The first-order valence-electron chi connectivity index (χ1n) is 6.61. The molecule has 1 unspecified atom stereocenters. The summed E-state index contributed by atoms with van der Waals surface area (Å²) in [7, 11) is 0. The Labute approximate surface area is 99.8 Å². The van der Waals surface area contributed by atoms with Crippen LogP contribution in [0.2, 0.25) is 0 Å². The van der Waals surface area contributed by atoms with Crippen molar-refractivity contribution in [2.45, 2.75) is 63.5 Å². The molecule has 1 fully saturated rings. The molecule has 0 bridgehead atoms. The Balaban J connectivity index is 1.88. The number of hydrogen-bond acceptors (Lipinski definition) is 2. The first-order chi connectivity index (χ1) is 7.27. The normalized spacial score (nSPS) is 26.0. The van der Waals surface area contributed by atoms with Gasteiger partial charge in [0.25, 0.3) is 0 Å². The van der Waals surface area contributed by atoms with Gasteiger partial charge in [-0.05, 0) is 38.5 Å². The van der Waals surface area contributed by atoms with Crippen molar-refractivity contribution in [3.63, 3.8) is 0 Å². The molecule has 1 aliphatic heterocycles. The number of hydrogen-bond donors (Lipinski definition) is 1. The predicted molar refractivity (Wildman–Crippen MR) is 71.7 cm³/mol. The lowest BCUT2D eigenvalue weighted by Gasteiger charge is -2.22. The van der Waals surface area contributed by atoms with Crippen molar-refractivity contribution in [2.75, 3.05) is 18.8 Å². The maximum atomic E-state index is 3.62. The van der Waals surface area contributed by atoms with Gasteiger partial charge < -0.3 is 5.32 Å². The molecule has 2 heteroatoms. The highest BCUT2D eigenvalue weighted by molar-refractivity contribution is 8.00. The number of unbranched alkanes of at least 4 members (excludes halogenated alkanes) is 4. The Hall–Kier alpha value is 0.310. The number of rotatable bonds is 8. The van der Waals surface area contributed by atoms with Crippen LogP contribution in [0, 0.1) is 0 Å². The second-order valence-electron chi connectivity index (χ2n) is 4.99. The molecule has 0 aromatic carbocycles. The van der Waals surface area contributed by atoms with Crippen molar-refractivity contribution in [2.24, 2.45) is 0 Å². The quantitative estimate of drug-likeness (QED) is 0.635. The third-order valence-electron chi connectivity index (χ3n) is 3.26. The van der Waals surface area contributed by atoms with E-state index in [4.69, 9.17) is 0 Å². The summed E-state index contributed by atoms with van der Waals surface area (Å²) < 4.78 is 0.545. The number of thioether (sulfide) groups is 1. The lowest BCUT2D eigenvalue weighted by molar-refractivity contribution is 0.517. The van der Waals surface area contributed by atoms with Gasteiger partial charge in [-0.25, -0.2) is 0 Å². The summed E-state index contributed by atoms with van der Waals surface area (Å²) in [4.78, 5) is 0. The molecule has 1 aliphatic rings.